The van der Waals surface area contributed by atoms with E-state index in [1.807, 2.05) is 6.07 Å². The predicted octanol–water partition coefficient (Wildman–Crippen LogP) is 1.83. The third kappa shape index (κ3) is 4.55. The van der Waals surface area contributed by atoms with Gasteiger partial charge in [0.15, 0.2) is 12.4 Å². The number of hydrogen-bond donors (Lipinski definition) is 1. The van der Waals surface area contributed by atoms with Crippen molar-refractivity contribution in [3.8, 4) is 6.07 Å². The Bertz CT molecular complexity index is 799. The Balaban J connectivity index is 1.89. The lowest BCUT2D eigenvalue weighted by atomic mass is 10.1. The maximum atomic E-state index is 11.9. The monoisotopic (exact) mass is 326 g/mol. The minimum atomic E-state index is -0.669. The summed E-state index contributed by atoms with van der Waals surface area (Å²) in [5, 5.41) is 11.2. The van der Waals surface area contributed by atoms with E-state index in [9.17, 15) is 14.4 Å². The SMILES string of the molecule is CC(=O)NCc1ccc(C(=O)COC(=O)c2ccc(C#N)cc2)o1. The molecule has 0 aliphatic rings. The number of ketones is 1. The van der Waals surface area contributed by atoms with Crippen LogP contribution in [0.25, 0.3) is 0 Å². The fraction of sp³-hybridized carbons (Fsp3) is 0.176. The van der Waals surface area contributed by atoms with Crippen molar-refractivity contribution in [3.63, 3.8) is 0 Å². The molecule has 0 unspecified atom stereocenters. The van der Waals surface area contributed by atoms with E-state index in [1.165, 1.54) is 37.3 Å². The number of carbonyl (C=O) groups excluding carboxylic acids is 3. The lowest BCUT2D eigenvalue weighted by Crippen LogP contribution is -2.18. The highest BCUT2D eigenvalue weighted by molar-refractivity contribution is 5.97. The molecule has 0 fully saturated rings. The number of ether oxygens (including phenoxy) is 1. The van der Waals surface area contributed by atoms with Crippen molar-refractivity contribution in [2.24, 2.45) is 0 Å². The van der Waals surface area contributed by atoms with E-state index >= 15 is 0 Å². The number of amides is 1. The normalized spacial score (nSPS) is 9.83. The van der Waals surface area contributed by atoms with Crippen molar-refractivity contribution in [1.29, 1.82) is 5.26 Å². The van der Waals surface area contributed by atoms with Crippen LogP contribution < -0.4 is 5.32 Å². The van der Waals surface area contributed by atoms with Crippen molar-refractivity contribution in [2.45, 2.75) is 13.5 Å². The van der Waals surface area contributed by atoms with Gasteiger partial charge in [-0.1, -0.05) is 0 Å². The quantitative estimate of drug-likeness (QED) is 0.640. The van der Waals surface area contributed by atoms with Crippen molar-refractivity contribution < 1.29 is 23.5 Å². The molecule has 1 aromatic carbocycles. The second-order valence-electron chi connectivity index (χ2n) is 4.86. The van der Waals surface area contributed by atoms with E-state index in [4.69, 9.17) is 14.4 Å². The number of nitriles is 1. The van der Waals surface area contributed by atoms with Crippen molar-refractivity contribution in [3.05, 3.63) is 59.0 Å². The zero-order valence-electron chi connectivity index (χ0n) is 12.9. The van der Waals surface area contributed by atoms with Gasteiger partial charge in [-0.2, -0.15) is 5.26 Å². The van der Waals surface area contributed by atoms with Crippen LogP contribution in [-0.4, -0.2) is 24.3 Å². The number of benzene rings is 1. The highest BCUT2D eigenvalue weighted by Crippen LogP contribution is 2.10. The van der Waals surface area contributed by atoms with Crippen LogP contribution in [0.1, 0.15) is 39.2 Å². The fourth-order valence-electron chi connectivity index (χ4n) is 1.80. The van der Waals surface area contributed by atoms with Gasteiger partial charge in [-0.3, -0.25) is 9.59 Å². The Morgan fingerprint density at radius 3 is 2.50 bits per heavy atom. The molecule has 24 heavy (non-hydrogen) atoms. The Morgan fingerprint density at radius 2 is 1.88 bits per heavy atom. The molecular weight excluding hydrogens is 312 g/mol. The molecule has 0 atom stereocenters. The summed E-state index contributed by atoms with van der Waals surface area (Å²) in [6.07, 6.45) is 0. The van der Waals surface area contributed by atoms with Crippen LogP contribution >= 0.6 is 0 Å². The van der Waals surface area contributed by atoms with Crippen LogP contribution in [0.15, 0.2) is 40.8 Å². The summed E-state index contributed by atoms with van der Waals surface area (Å²) in [7, 11) is 0. The van der Waals surface area contributed by atoms with Gasteiger partial charge in [-0.25, -0.2) is 4.79 Å². The molecule has 1 N–H and O–H groups in total. The number of nitrogens with one attached hydrogen (secondary N) is 1. The average molecular weight is 326 g/mol. The van der Waals surface area contributed by atoms with Gasteiger partial charge in [-0.05, 0) is 36.4 Å². The van der Waals surface area contributed by atoms with E-state index < -0.39 is 18.4 Å². The minimum absolute atomic E-state index is 0.0444. The molecule has 122 valence electrons. The van der Waals surface area contributed by atoms with E-state index in [-0.39, 0.29) is 23.8 Å². The molecule has 7 heteroatoms. The van der Waals surface area contributed by atoms with Gasteiger partial charge in [0.25, 0.3) is 0 Å². The average Bonchev–Trinajstić information content (AvgIpc) is 3.06. The van der Waals surface area contributed by atoms with Gasteiger partial charge >= 0.3 is 5.97 Å². The molecule has 0 saturated carbocycles. The van der Waals surface area contributed by atoms with Gasteiger partial charge in [0.2, 0.25) is 11.7 Å². The van der Waals surface area contributed by atoms with Gasteiger partial charge in [0, 0.05) is 6.92 Å². The van der Waals surface area contributed by atoms with E-state index in [2.05, 4.69) is 5.32 Å². The third-order valence-electron chi connectivity index (χ3n) is 3.03. The Morgan fingerprint density at radius 1 is 1.17 bits per heavy atom. The molecule has 0 spiro atoms. The summed E-state index contributed by atoms with van der Waals surface area (Å²) in [5.41, 5.74) is 0.664. The number of rotatable bonds is 6. The number of furan rings is 1. The predicted molar refractivity (Wildman–Crippen MR) is 82.0 cm³/mol. The van der Waals surface area contributed by atoms with Crippen LogP contribution in [0.4, 0.5) is 0 Å². The topological polar surface area (TPSA) is 109 Å². The molecule has 1 amide bonds. The standard InChI is InChI=1S/C17H14N2O5/c1-11(20)19-9-14-6-7-16(24-14)15(21)10-23-17(22)13-4-2-12(8-18)3-5-13/h2-7H,9-10H2,1H3,(H,19,20). The summed E-state index contributed by atoms with van der Waals surface area (Å²) in [5.74, 6) is -0.908. The van der Waals surface area contributed by atoms with Gasteiger partial charge in [0.1, 0.15) is 5.76 Å². The van der Waals surface area contributed by atoms with Crippen molar-refractivity contribution >= 4 is 17.7 Å². The van der Waals surface area contributed by atoms with Gasteiger partial charge in [-0.15, -0.1) is 0 Å². The molecule has 7 nitrogen and oxygen atoms in total. The molecule has 0 radical (unpaired) electrons. The van der Waals surface area contributed by atoms with Crippen LogP contribution in [0, 0.1) is 11.3 Å². The molecule has 0 aliphatic heterocycles. The summed E-state index contributed by atoms with van der Waals surface area (Å²) < 4.78 is 10.2. The zero-order chi connectivity index (χ0) is 17.5. The smallest absolute Gasteiger partial charge is 0.338 e. The molecule has 0 aliphatic carbocycles. The number of Topliss-reactive ketones (excluding diaryl/α,β-unsaturated/α-hetero) is 1. The first-order valence-corrected chi connectivity index (χ1v) is 7.03. The van der Waals surface area contributed by atoms with Crippen LogP contribution in [0.3, 0.4) is 0 Å². The molecule has 1 heterocycles. The first-order valence-electron chi connectivity index (χ1n) is 7.03. The zero-order valence-corrected chi connectivity index (χ0v) is 12.9. The molecule has 1 aromatic heterocycles. The Hall–Kier alpha value is -3.40. The second kappa shape index (κ2) is 7.74. The molecular formula is C17H14N2O5. The highest BCUT2D eigenvalue weighted by Gasteiger charge is 2.15. The number of hydrogen-bond acceptors (Lipinski definition) is 6. The molecule has 0 saturated heterocycles. The minimum Gasteiger partial charge on any atom is -0.456 e. The summed E-state index contributed by atoms with van der Waals surface area (Å²) in [6, 6.07) is 10.8. The van der Waals surface area contributed by atoms with Crippen molar-refractivity contribution in [1.82, 2.24) is 5.32 Å². The third-order valence-corrected chi connectivity index (χ3v) is 3.03. The van der Waals surface area contributed by atoms with Crippen molar-refractivity contribution in [2.75, 3.05) is 6.61 Å². The van der Waals surface area contributed by atoms with Crippen LogP contribution in [0.5, 0.6) is 0 Å². The van der Waals surface area contributed by atoms with Gasteiger partial charge in [0.05, 0.1) is 23.7 Å². The van der Waals surface area contributed by atoms with Gasteiger partial charge < -0.3 is 14.5 Å². The highest BCUT2D eigenvalue weighted by atomic mass is 16.5. The van der Waals surface area contributed by atoms with E-state index in [0.717, 1.165) is 0 Å². The van der Waals surface area contributed by atoms with Crippen LogP contribution in [0.2, 0.25) is 0 Å². The Kier molecular flexibility index (Phi) is 5.47. The number of nitrogens with zero attached hydrogens (tertiary/aromatic N) is 1. The van der Waals surface area contributed by atoms with E-state index in [1.54, 1.807) is 6.07 Å². The lowest BCUT2D eigenvalue weighted by Gasteiger charge is -2.03. The summed E-state index contributed by atoms with van der Waals surface area (Å²) in [6.45, 7) is 1.08. The second-order valence-corrected chi connectivity index (χ2v) is 4.86. The first-order chi connectivity index (χ1) is 11.5. The number of esters is 1. The maximum Gasteiger partial charge on any atom is 0.338 e. The molecule has 2 aromatic rings. The molecule has 2 rings (SSSR count). The fourth-order valence-corrected chi connectivity index (χ4v) is 1.80. The lowest BCUT2D eigenvalue weighted by molar-refractivity contribution is -0.119. The number of carbonyl (C=O) groups is 3. The molecule has 0 bridgehead atoms. The largest absolute Gasteiger partial charge is 0.456 e. The summed E-state index contributed by atoms with van der Waals surface area (Å²) in [4.78, 5) is 34.6. The summed E-state index contributed by atoms with van der Waals surface area (Å²) >= 11 is 0. The first kappa shape index (κ1) is 17.0. The Labute approximate surface area is 137 Å². The van der Waals surface area contributed by atoms with E-state index in [0.29, 0.717) is 11.3 Å². The van der Waals surface area contributed by atoms with Crippen LogP contribution in [-0.2, 0) is 16.1 Å². The maximum absolute atomic E-state index is 11.9.